The first-order chi connectivity index (χ1) is 12.7. The Morgan fingerprint density at radius 3 is 2.77 bits per heavy atom. The third kappa shape index (κ3) is 6.17. The van der Waals surface area contributed by atoms with Gasteiger partial charge in [0.25, 0.3) is 0 Å². The first-order valence-electron chi connectivity index (χ1n) is 10.1. The van der Waals surface area contributed by atoms with Crippen LogP contribution in [0.4, 0.5) is 0 Å². The molecule has 0 spiro atoms. The summed E-state index contributed by atoms with van der Waals surface area (Å²) in [6.45, 7) is 3.53. The number of carbonyl (C=O) groups is 1. The van der Waals surface area contributed by atoms with E-state index in [1.54, 1.807) is 0 Å². The number of rotatable bonds is 7. The van der Waals surface area contributed by atoms with Crippen LogP contribution >= 0.6 is 23.4 Å². The van der Waals surface area contributed by atoms with Gasteiger partial charge in [-0.05, 0) is 43.9 Å². The van der Waals surface area contributed by atoms with E-state index in [0.29, 0.717) is 0 Å². The number of piperidine rings is 1. The molecule has 2 fully saturated rings. The number of thioether (sulfide) groups is 1. The van der Waals surface area contributed by atoms with Crippen LogP contribution in [0.3, 0.4) is 0 Å². The summed E-state index contributed by atoms with van der Waals surface area (Å²) >= 11 is 8.33. The van der Waals surface area contributed by atoms with Crippen molar-refractivity contribution in [1.82, 2.24) is 10.2 Å². The van der Waals surface area contributed by atoms with E-state index in [9.17, 15) is 4.79 Å². The Hall–Kier alpha value is -0.710. The van der Waals surface area contributed by atoms with Gasteiger partial charge in [0.15, 0.2) is 0 Å². The van der Waals surface area contributed by atoms with Crippen molar-refractivity contribution in [2.75, 3.05) is 25.4 Å². The second kappa shape index (κ2) is 10.6. The van der Waals surface area contributed by atoms with Gasteiger partial charge in [-0.3, -0.25) is 9.69 Å². The summed E-state index contributed by atoms with van der Waals surface area (Å²) in [5.74, 6) is 1.40. The van der Waals surface area contributed by atoms with Crippen LogP contribution in [0.25, 0.3) is 0 Å². The molecule has 1 N–H and O–H groups in total. The average Bonchev–Trinajstić information content (AvgIpc) is 2.68. The molecule has 1 aliphatic heterocycles. The molecule has 2 aliphatic rings. The topological polar surface area (TPSA) is 32.3 Å². The Morgan fingerprint density at radius 1 is 1.15 bits per heavy atom. The summed E-state index contributed by atoms with van der Waals surface area (Å²) in [7, 11) is 0. The molecule has 1 heterocycles. The fraction of sp³-hybridized carbons (Fsp3) is 0.667. The molecule has 1 amide bonds. The van der Waals surface area contributed by atoms with Crippen molar-refractivity contribution in [3.63, 3.8) is 0 Å². The fourth-order valence-corrected chi connectivity index (χ4v) is 5.47. The summed E-state index contributed by atoms with van der Waals surface area (Å²) in [6, 6.07) is 8.01. The summed E-state index contributed by atoms with van der Waals surface area (Å²) in [6.07, 6.45) is 8.97. The van der Waals surface area contributed by atoms with Crippen molar-refractivity contribution >= 4 is 29.3 Å². The van der Waals surface area contributed by atoms with E-state index >= 15 is 0 Å². The zero-order valence-corrected chi connectivity index (χ0v) is 17.2. The molecule has 144 valence electrons. The van der Waals surface area contributed by atoms with Crippen molar-refractivity contribution in [2.24, 2.45) is 5.92 Å². The highest BCUT2D eigenvalue weighted by atomic mass is 35.5. The van der Waals surface area contributed by atoms with Gasteiger partial charge in [0.1, 0.15) is 0 Å². The monoisotopic (exact) mass is 394 g/mol. The standard InChI is InChI=1S/C21H31ClN2OS/c22-20-11-5-4-7-17(20)15-24-13-6-8-18(16-24)21(25)23-12-14-26-19-9-2-1-3-10-19/h4-5,7,11,18-19H,1-3,6,8-10,12-16H2,(H,23,25)/t18-/m1/s1. The van der Waals surface area contributed by atoms with Crippen LogP contribution in [-0.4, -0.2) is 41.4 Å². The molecule has 26 heavy (non-hydrogen) atoms. The quantitative estimate of drug-likeness (QED) is 0.678. The average molecular weight is 395 g/mol. The second-order valence-corrected chi connectivity index (χ2v) is 9.40. The number of likely N-dealkylation sites (tertiary alicyclic amines) is 1. The fourth-order valence-electron chi connectivity index (χ4n) is 4.06. The maximum absolute atomic E-state index is 12.5. The van der Waals surface area contributed by atoms with Gasteiger partial charge < -0.3 is 5.32 Å². The van der Waals surface area contributed by atoms with Crippen molar-refractivity contribution < 1.29 is 4.79 Å². The van der Waals surface area contributed by atoms with Crippen molar-refractivity contribution in [3.05, 3.63) is 34.9 Å². The van der Waals surface area contributed by atoms with Crippen LogP contribution < -0.4 is 5.32 Å². The molecular weight excluding hydrogens is 364 g/mol. The molecule has 0 unspecified atom stereocenters. The predicted molar refractivity (Wildman–Crippen MR) is 112 cm³/mol. The number of amides is 1. The highest BCUT2D eigenvalue weighted by Gasteiger charge is 2.26. The van der Waals surface area contributed by atoms with Gasteiger partial charge in [0, 0.05) is 35.7 Å². The minimum atomic E-state index is 0.117. The number of halogens is 1. The number of nitrogens with zero attached hydrogens (tertiary/aromatic N) is 1. The van der Waals surface area contributed by atoms with Crippen LogP contribution in [-0.2, 0) is 11.3 Å². The van der Waals surface area contributed by atoms with Crippen molar-refractivity contribution in [3.8, 4) is 0 Å². The lowest BCUT2D eigenvalue weighted by molar-refractivity contribution is -0.126. The zero-order chi connectivity index (χ0) is 18.2. The van der Waals surface area contributed by atoms with Gasteiger partial charge in [-0.15, -0.1) is 0 Å². The summed E-state index contributed by atoms with van der Waals surface area (Å²) in [5, 5.41) is 4.81. The molecule has 0 aromatic heterocycles. The van der Waals surface area contributed by atoms with E-state index in [0.717, 1.165) is 60.6 Å². The minimum absolute atomic E-state index is 0.117. The molecule has 1 saturated carbocycles. The van der Waals surface area contributed by atoms with E-state index < -0.39 is 0 Å². The van der Waals surface area contributed by atoms with Gasteiger partial charge in [-0.2, -0.15) is 11.8 Å². The molecule has 1 saturated heterocycles. The Balaban J connectivity index is 1.38. The Bertz CT molecular complexity index is 577. The van der Waals surface area contributed by atoms with E-state index in [2.05, 4.69) is 28.0 Å². The van der Waals surface area contributed by atoms with Gasteiger partial charge in [-0.1, -0.05) is 49.1 Å². The zero-order valence-electron chi connectivity index (χ0n) is 15.6. The number of nitrogens with one attached hydrogen (secondary N) is 1. The number of hydrogen-bond donors (Lipinski definition) is 1. The van der Waals surface area contributed by atoms with Crippen LogP contribution in [0, 0.1) is 5.92 Å². The summed E-state index contributed by atoms with van der Waals surface area (Å²) < 4.78 is 0. The van der Waals surface area contributed by atoms with Gasteiger partial charge in [0.2, 0.25) is 5.91 Å². The molecule has 3 rings (SSSR count). The molecule has 3 nitrogen and oxygen atoms in total. The van der Waals surface area contributed by atoms with Crippen molar-refractivity contribution in [1.29, 1.82) is 0 Å². The number of hydrogen-bond acceptors (Lipinski definition) is 3. The van der Waals surface area contributed by atoms with Crippen molar-refractivity contribution in [2.45, 2.75) is 56.7 Å². The molecule has 0 radical (unpaired) electrons. The van der Waals surface area contributed by atoms with Crippen LogP contribution in [0.1, 0.15) is 50.5 Å². The molecule has 1 aromatic rings. The van der Waals surface area contributed by atoms with Crippen LogP contribution in [0.5, 0.6) is 0 Å². The van der Waals surface area contributed by atoms with Gasteiger partial charge >= 0.3 is 0 Å². The smallest absolute Gasteiger partial charge is 0.224 e. The summed E-state index contributed by atoms with van der Waals surface area (Å²) in [4.78, 5) is 14.9. The summed E-state index contributed by atoms with van der Waals surface area (Å²) in [5.41, 5.74) is 1.15. The lowest BCUT2D eigenvalue weighted by atomic mass is 9.96. The predicted octanol–water partition coefficient (Wildman–Crippen LogP) is 4.73. The first-order valence-corrected chi connectivity index (χ1v) is 11.5. The Kier molecular flexibility index (Phi) is 8.15. The molecule has 1 atom stereocenters. The SMILES string of the molecule is O=C(NCCSC1CCCCC1)[C@@H]1CCCN(Cc2ccccc2Cl)C1. The third-order valence-corrected chi connectivity index (χ3v) is 7.29. The minimum Gasteiger partial charge on any atom is -0.355 e. The Morgan fingerprint density at radius 2 is 1.96 bits per heavy atom. The van der Waals surface area contributed by atoms with Crippen LogP contribution in [0.15, 0.2) is 24.3 Å². The normalized spacial score (nSPS) is 22.3. The second-order valence-electron chi connectivity index (χ2n) is 7.59. The largest absolute Gasteiger partial charge is 0.355 e. The van der Waals surface area contributed by atoms with Crippen LogP contribution in [0.2, 0.25) is 5.02 Å². The maximum atomic E-state index is 12.5. The highest BCUT2D eigenvalue weighted by molar-refractivity contribution is 7.99. The van der Waals surface area contributed by atoms with E-state index in [-0.39, 0.29) is 11.8 Å². The lowest BCUT2D eigenvalue weighted by Crippen LogP contribution is -2.43. The van der Waals surface area contributed by atoms with E-state index in [4.69, 9.17) is 11.6 Å². The molecule has 1 aliphatic carbocycles. The highest BCUT2D eigenvalue weighted by Crippen LogP contribution is 2.28. The number of benzene rings is 1. The maximum Gasteiger partial charge on any atom is 0.224 e. The molecule has 5 heteroatoms. The Labute approximate surface area is 167 Å². The molecule has 1 aromatic carbocycles. The lowest BCUT2D eigenvalue weighted by Gasteiger charge is -2.32. The van der Waals surface area contributed by atoms with Gasteiger partial charge in [0.05, 0.1) is 5.92 Å². The van der Waals surface area contributed by atoms with Gasteiger partial charge in [-0.25, -0.2) is 0 Å². The van der Waals surface area contributed by atoms with E-state index in [1.165, 1.54) is 32.1 Å². The first kappa shape index (κ1) is 20.0. The molecule has 0 bridgehead atoms. The third-order valence-electron chi connectivity index (χ3n) is 5.54. The number of carbonyl (C=O) groups excluding carboxylic acids is 1. The molecular formula is C21H31ClN2OS. The van der Waals surface area contributed by atoms with E-state index in [1.807, 2.05) is 18.2 Å².